The lowest BCUT2D eigenvalue weighted by atomic mass is 10.1. The Balaban J connectivity index is 0.000000313. The summed E-state index contributed by atoms with van der Waals surface area (Å²) in [6.07, 6.45) is 0. The molecular weight excluding hydrogens is 396 g/mol. The molecule has 27 heavy (non-hydrogen) atoms. The molecule has 0 unspecified atom stereocenters. The number of nitrogen functional groups attached to an aromatic ring is 2. The monoisotopic (exact) mass is 412 g/mol. The van der Waals surface area contributed by atoms with Gasteiger partial charge in [-0.15, -0.1) is 0 Å². The highest BCUT2D eigenvalue weighted by molar-refractivity contribution is 7.86. The molecular formula is C16H16N2O7S2. The molecule has 3 aromatic carbocycles. The minimum Gasteiger partial charge on any atom is -0.506 e. The van der Waals surface area contributed by atoms with Gasteiger partial charge >= 0.3 is 0 Å². The first-order valence-electron chi connectivity index (χ1n) is 7.22. The zero-order valence-electron chi connectivity index (χ0n) is 13.6. The average Bonchev–Trinajstić information content (AvgIpc) is 2.57. The third-order valence-corrected chi connectivity index (χ3v) is 5.16. The number of nitrogens with two attached hydrogens (primary N) is 2. The van der Waals surface area contributed by atoms with Gasteiger partial charge in [-0.25, -0.2) is 0 Å². The van der Waals surface area contributed by atoms with Gasteiger partial charge in [0.05, 0.1) is 10.6 Å². The van der Waals surface area contributed by atoms with Crippen molar-refractivity contribution >= 4 is 42.4 Å². The summed E-state index contributed by atoms with van der Waals surface area (Å²) in [5, 5.41) is 9.25. The van der Waals surface area contributed by atoms with E-state index < -0.39 is 35.8 Å². The van der Waals surface area contributed by atoms with Gasteiger partial charge in [0.1, 0.15) is 10.6 Å². The Morgan fingerprint density at radius 2 is 1.37 bits per heavy atom. The molecule has 0 amide bonds. The van der Waals surface area contributed by atoms with E-state index in [1.807, 2.05) is 30.3 Å². The van der Waals surface area contributed by atoms with E-state index in [4.69, 9.17) is 20.6 Å². The predicted octanol–water partition coefficient (Wildman–Crippen LogP) is 1.89. The zero-order valence-corrected chi connectivity index (χ0v) is 15.3. The van der Waals surface area contributed by atoms with Crippen LogP contribution < -0.4 is 11.5 Å². The average molecular weight is 412 g/mol. The highest BCUT2D eigenvalue weighted by Gasteiger charge is 2.22. The van der Waals surface area contributed by atoms with E-state index in [1.165, 1.54) is 6.07 Å². The minimum atomic E-state index is -4.82. The molecule has 0 aliphatic heterocycles. The van der Waals surface area contributed by atoms with Crippen LogP contribution in [-0.2, 0) is 20.2 Å². The first kappa shape index (κ1) is 20.5. The Morgan fingerprint density at radius 3 is 1.81 bits per heavy atom. The fraction of sp³-hybridized carbons (Fsp3) is 0. The van der Waals surface area contributed by atoms with Gasteiger partial charge in [0, 0.05) is 11.1 Å². The number of hydrogen-bond acceptors (Lipinski definition) is 7. The van der Waals surface area contributed by atoms with Gasteiger partial charge in [0.15, 0.2) is 0 Å². The van der Waals surface area contributed by atoms with Crippen molar-refractivity contribution in [3.05, 3.63) is 54.6 Å². The zero-order chi connectivity index (χ0) is 20.4. The standard InChI is InChI=1S/C10H9NO7S2.C6H7N/c11-10-7(12)2-1-5-3-6(19(13,14)15)4-8(9(5)10)20(16,17)18;7-6-4-2-1-3-5-6/h1-4,12H,11H2,(H,13,14,15)(H,16,17,18);1-5H,7H2. The van der Waals surface area contributed by atoms with Gasteiger partial charge in [-0.3, -0.25) is 9.11 Å². The maximum absolute atomic E-state index is 11.3. The second kappa shape index (κ2) is 7.40. The van der Waals surface area contributed by atoms with E-state index in [-0.39, 0.29) is 16.5 Å². The lowest BCUT2D eigenvalue weighted by molar-refractivity contribution is 0.478. The molecule has 0 aliphatic rings. The summed E-state index contributed by atoms with van der Waals surface area (Å²) >= 11 is 0. The summed E-state index contributed by atoms with van der Waals surface area (Å²) in [6.45, 7) is 0. The number of hydrogen-bond donors (Lipinski definition) is 5. The first-order chi connectivity index (χ1) is 12.4. The summed E-state index contributed by atoms with van der Waals surface area (Å²) in [6, 6.07) is 13.3. The number of phenolic OH excluding ortho intramolecular Hbond substituents is 1. The molecule has 3 aromatic rings. The number of anilines is 2. The van der Waals surface area contributed by atoms with Crippen LogP contribution in [0.5, 0.6) is 5.75 Å². The second-order valence-electron chi connectivity index (χ2n) is 5.38. The Bertz CT molecular complexity index is 1190. The maximum Gasteiger partial charge on any atom is 0.295 e. The van der Waals surface area contributed by atoms with E-state index in [9.17, 15) is 21.9 Å². The Labute approximate surface area is 155 Å². The van der Waals surface area contributed by atoms with Gasteiger partial charge in [0.2, 0.25) is 0 Å². The first-order valence-corrected chi connectivity index (χ1v) is 10.1. The van der Waals surface area contributed by atoms with Crippen LogP contribution in [-0.4, -0.2) is 31.0 Å². The molecule has 0 saturated carbocycles. The van der Waals surface area contributed by atoms with E-state index in [1.54, 1.807) is 0 Å². The summed E-state index contributed by atoms with van der Waals surface area (Å²) in [5.41, 5.74) is 11.4. The molecule has 0 aliphatic carbocycles. The molecule has 3 rings (SSSR count). The molecule has 0 radical (unpaired) electrons. The lowest BCUT2D eigenvalue weighted by Crippen LogP contribution is -2.05. The van der Waals surface area contributed by atoms with Crippen LogP contribution in [0.2, 0.25) is 0 Å². The summed E-state index contributed by atoms with van der Waals surface area (Å²) in [7, 11) is -9.50. The number of para-hydroxylation sites is 1. The van der Waals surface area contributed by atoms with Crippen LogP contribution >= 0.6 is 0 Å². The van der Waals surface area contributed by atoms with Crippen molar-refractivity contribution in [2.24, 2.45) is 0 Å². The second-order valence-corrected chi connectivity index (χ2v) is 8.19. The molecule has 9 nitrogen and oxygen atoms in total. The van der Waals surface area contributed by atoms with Gasteiger partial charge in [-0.05, 0) is 35.7 Å². The predicted molar refractivity (Wildman–Crippen MR) is 101 cm³/mol. The van der Waals surface area contributed by atoms with Crippen LogP contribution in [0, 0.1) is 0 Å². The SMILES string of the molecule is Nc1c(O)ccc2cc(S(=O)(=O)O)cc(S(=O)(=O)O)c12.Nc1ccccc1. The fourth-order valence-corrected chi connectivity index (χ4v) is 3.60. The Hall–Kier alpha value is -2.86. The molecule has 144 valence electrons. The van der Waals surface area contributed by atoms with E-state index in [0.717, 1.165) is 17.8 Å². The number of aromatic hydroxyl groups is 1. The van der Waals surface area contributed by atoms with Crippen molar-refractivity contribution in [1.29, 1.82) is 0 Å². The molecule has 11 heteroatoms. The van der Waals surface area contributed by atoms with Crippen molar-refractivity contribution < 1.29 is 31.0 Å². The molecule has 0 heterocycles. The van der Waals surface area contributed by atoms with Crippen molar-refractivity contribution in [2.75, 3.05) is 11.5 Å². The normalized spacial score (nSPS) is 11.6. The Morgan fingerprint density at radius 1 is 0.778 bits per heavy atom. The van der Waals surface area contributed by atoms with Crippen molar-refractivity contribution in [3.8, 4) is 5.75 Å². The van der Waals surface area contributed by atoms with E-state index in [0.29, 0.717) is 6.07 Å². The van der Waals surface area contributed by atoms with Crippen molar-refractivity contribution in [1.82, 2.24) is 0 Å². The molecule has 0 fully saturated rings. The van der Waals surface area contributed by atoms with Crippen LogP contribution in [0.15, 0.2) is 64.4 Å². The third kappa shape index (κ3) is 4.86. The molecule has 7 N–H and O–H groups in total. The molecule has 0 saturated heterocycles. The maximum atomic E-state index is 11.3. The minimum absolute atomic E-state index is 0.0167. The third-order valence-electron chi connectivity index (χ3n) is 3.45. The van der Waals surface area contributed by atoms with Gasteiger partial charge in [0.25, 0.3) is 20.2 Å². The summed E-state index contributed by atoms with van der Waals surface area (Å²) < 4.78 is 63.0. The Kier molecular flexibility index (Phi) is 5.61. The highest BCUT2D eigenvalue weighted by Crippen LogP contribution is 2.36. The van der Waals surface area contributed by atoms with Gasteiger partial charge in [-0.2, -0.15) is 16.8 Å². The lowest BCUT2D eigenvalue weighted by Gasteiger charge is -2.10. The summed E-state index contributed by atoms with van der Waals surface area (Å²) in [4.78, 5) is -1.54. The molecule has 0 atom stereocenters. The van der Waals surface area contributed by atoms with Crippen molar-refractivity contribution in [2.45, 2.75) is 9.79 Å². The molecule has 0 spiro atoms. The topological polar surface area (TPSA) is 181 Å². The van der Waals surface area contributed by atoms with Crippen LogP contribution in [0.1, 0.15) is 0 Å². The number of phenols is 1. The van der Waals surface area contributed by atoms with E-state index in [2.05, 4.69) is 0 Å². The highest BCUT2D eigenvalue weighted by atomic mass is 32.2. The fourth-order valence-electron chi connectivity index (χ4n) is 2.22. The van der Waals surface area contributed by atoms with Gasteiger partial charge in [-0.1, -0.05) is 24.3 Å². The van der Waals surface area contributed by atoms with Gasteiger partial charge < -0.3 is 16.6 Å². The van der Waals surface area contributed by atoms with E-state index >= 15 is 0 Å². The largest absolute Gasteiger partial charge is 0.506 e. The van der Waals surface area contributed by atoms with Crippen molar-refractivity contribution in [3.63, 3.8) is 0 Å². The number of rotatable bonds is 2. The number of fused-ring (bicyclic) bond motifs is 1. The van der Waals surface area contributed by atoms with Crippen LogP contribution in [0.25, 0.3) is 10.8 Å². The van der Waals surface area contributed by atoms with Crippen LogP contribution in [0.3, 0.4) is 0 Å². The summed E-state index contributed by atoms with van der Waals surface area (Å²) in [5.74, 6) is -0.429. The quantitative estimate of drug-likeness (QED) is 0.238. The molecule has 0 aromatic heterocycles. The molecule has 0 bridgehead atoms. The smallest absolute Gasteiger partial charge is 0.295 e. The number of benzene rings is 3. The van der Waals surface area contributed by atoms with Crippen LogP contribution in [0.4, 0.5) is 11.4 Å².